The molecular formula is C27H33N3O2. The molecule has 0 spiro atoms. The van der Waals surface area contributed by atoms with Crippen LogP contribution in [0.25, 0.3) is 22.4 Å². The van der Waals surface area contributed by atoms with E-state index in [1.165, 1.54) is 0 Å². The predicted molar refractivity (Wildman–Crippen MR) is 133 cm³/mol. The van der Waals surface area contributed by atoms with Gasteiger partial charge in [-0.1, -0.05) is 50.2 Å². The standard InChI is InChI=1S/C21H27N3O2.C6H6/c1-15(2)14-23-19-9-10-22-21-18(19)13-20(26-21)16-5-7-17(8-6-16)25-12-11-24(3)4;1-2-4-6-5-3-1/h5-10,13,15H,11-12,14H2,1-4H3,(H,22,23);1-6H. The van der Waals surface area contributed by atoms with Crippen molar-refractivity contribution in [2.45, 2.75) is 13.8 Å². The van der Waals surface area contributed by atoms with Crippen LogP contribution in [0.2, 0.25) is 0 Å². The van der Waals surface area contributed by atoms with Crippen molar-refractivity contribution in [3.05, 3.63) is 79.0 Å². The Balaban J connectivity index is 0.000000416. The molecule has 2 heterocycles. The van der Waals surface area contributed by atoms with E-state index in [9.17, 15) is 0 Å². The SMILES string of the molecule is CC(C)CNc1ccnc2oc(-c3ccc(OCCN(C)C)cc3)cc12.c1ccccc1. The van der Waals surface area contributed by atoms with E-state index in [0.29, 0.717) is 18.2 Å². The number of hydrogen-bond donors (Lipinski definition) is 1. The summed E-state index contributed by atoms with van der Waals surface area (Å²) in [4.78, 5) is 6.45. The van der Waals surface area contributed by atoms with Crippen LogP contribution in [0.1, 0.15) is 13.8 Å². The summed E-state index contributed by atoms with van der Waals surface area (Å²) >= 11 is 0. The van der Waals surface area contributed by atoms with Gasteiger partial charge in [-0.25, -0.2) is 4.98 Å². The number of rotatable bonds is 8. The number of furan rings is 1. The number of aromatic nitrogens is 1. The molecule has 0 aliphatic carbocycles. The van der Waals surface area contributed by atoms with Crippen molar-refractivity contribution in [1.82, 2.24) is 9.88 Å². The van der Waals surface area contributed by atoms with Gasteiger partial charge in [0, 0.05) is 30.5 Å². The summed E-state index contributed by atoms with van der Waals surface area (Å²) in [5.41, 5.74) is 2.72. The highest BCUT2D eigenvalue weighted by Crippen LogP contribution is 2.31. The molecule has 0 unspecified atom stereocenters. The Morgan fingerprint density at radius 2 is 1.62 bits per heavy atom. The maximum absolute atomic E-state index is 5.96. The molecule has 0 radical (unpaired) electrons. The third kappa shape index (κ3) is 7.13. The molecule has 168 valence electrons. The smallest absolute Gasteiger partial charge is 0.228 e. The summed E-state index contributed by atoms with van der Waals surface area (Å²) in [6, 6.07) is 24.0. The summed E-state index contributed by atoms with van der Waals surface area (Å²) in [6.07, 6.45) is 1.78. The van der Waals surface area contributed by atoms with Crippen molar-refractivity contribution >= 4 is 16.8 Å². The fraction of sp³-hybridized carbons (Fsp3) is 0.296. The van der Waals surface area contributed by atoms with Crippen LogP contribution in [-0.4, -0.2) is 43.7 Å². The van der Waals surface area contributed by atoms with Crippen LogP contribution in [0, 0.1) is 5.92 Å². The highest BCUT2D eigenvalue weighted by atomic mass is 16.5. The second kappa shape index (κ2) is 11.9. The third-order valence-electron chi connectivity index (χ3n) is 4.75. The van der Waals surface area contributed by atoms with Crippen LogP contribution in [0.4, 0.5) is 5.69 Å². The number of benzene rings is 2. The van der Waals surface area contributed by atoms with Crippen LogP contribution < -0.4 is 10.1 Å². The van der Waals surface area contributed by atoms with Gasteiger partial charge in [-0.05, 0) is 56.4 Å². The molecule has 32 heavy (non-hydrogen) atoms. The number of likely N-dealkylation sites (N-methyl/N-ethyl adjacent to an activating group) is 1. The van der Waals surface area contributed by atoms with Gasteiger partial charge < -0.3 is 19.4 Å². The van der Waals surface area contributed by atoms with Gasteiger partial charge in [-0.2, -0.15) is 0 Å². The Labute approximate surface area is 191 Å². The zero-order chi connectivity index (χ0) is 22.8. The number of hydrogen-bond acceptors (Lipinski definition) is 5. The minimum atomic E-state index is 0.574. The van der Waals surface area contributed by atoms with Crippen molar-refractivity contribution in [2.24, 2.45) is 5.92 Å². The van der Waals surface area contributed by atoms with Crippen LogP contribution in [0.15, 0.2) is 83.4 Å². The fourth-order valence-electron chi connectivity index (χ4n) is 3.00. The minimum absolute atomic E-state index is 0.574. The first-order chi connectivity index (χ1) is 15.5. The Morgan fingerprint density at radius 3 is 2.22 bits per heavy atom. The van der Waals surface area contributed by atoms with E-state index in [2.05, 4.69) is 29.0 Å². The quantitative estimate of drug-likeness (QED) is 0.360. The van der Waals surface area contributed by atoms with Crippen LogP contribution in [0.5, 0.6) is 5.75 Å². The third-order valence-corrected chi connectivity index (χ3v) is 4.75. The molecule has 2 aromatic carbocycles. The van der Waals surface area contributed by atoms with Gasteiger partial charge in [-0.3, -0.25) is 0 Å². The molecule has 0 atom stereocenters. The summed E-state index contributed by atoms with van der Waals surface area (Å²) < 4.78 is 11.7. The molecule has 0 aliphatic rings. The molecule has 1 N–H and O–H groups in total. The van der Waals surface area contributed by atoms with Gasteiger partial charge in [-0.15, -0.1) is 0 Å². The van der Waals surface area contributed by atoms with E-state index >= 15 is 0 Å². The number of nitrogens with one attached hydrogen (secondary N) is 1. The monoisotopic (exact) mass is 431 g/mol. The van der Waals surface area contributed by atoms with Crippen LogP contribution in [0.3, 0.4) is 0 Å². The van der Waals surface area contributed by atoms with Gasteiger partial charge in [0.1, 0.15) is 18.1 Å². The Hall–Kier alpha value is -3.31. The Kier molecular flexibility index (Phi) is 8.70. The predicted octanol–water partition coefficient (Wildman–Crippen LogP) is 6.19. The summed E-state index contributed by atoms with van der Waals surface area (Å²) in [5.74, 6) is 2.25. The molecule has 4 rings (SSSR count). The normalized spacial score (nSPS) is 10.8. The van der Waals surface area contributed by atoms with E-state index in [-0.39, 0.29) is 0 Å². The summed E-state index contributed by atoms with van der Waals surface area (Å²) in [5, 5.41) is 4.48. The van der Waals surface area contributed by atoms with Gasteiger partial charge >= 0.3 is 0 Å². The number of anilines is 1. The van der Waals surface area contributed by atoms with Crippen molar-refractivity contribution in [1.29, 1.82) is 0 Å². The molecule has 0 fully saturated rings. The van der Waals surface area contributed by atoms with Gasteiger partial charge in [0.2, 0.25) is 5.71 Å². The maximum atomic E-state index is 5.96. The lowest BCUT2D eigenvalue weighted by Gasteiger charge is -2.11. The fourth-order valence-corrected chi connectivity index (χ4v) is 3.00. The zero-order valence-corrected chi connectivity index (χ0v) is 19.4. The second-order valence-corrected chi connectivity index (χ2v) is 8.29. The van der Waals surface area contributed by atoms with E-state index in [0.717, 1.165) is 41.2 Å². The molecule has 5 heteroatoms. The van der Waals surface area contributed by atoms with Crippen molar-refractivity contribution in [3.63, 3.8) is 0 Å². The molecule has 0 aliphatic heterocycles. The molecular weight excluding hydrogens is 398 g/mol. The average Bonchev–Trinajstić information content (AvgIpc) is 3.24. The van der Waals surface area contributed by atoms with E-state index in [1.54, 1.807) is 6.20 Å². The lowest BCUT2D eigenvalue weighted by atomic mass is 10.1. The topological polar surface area (TPSA) is 50.5 Å². The van der Waals surface area contributed by atoms with Crippen molar-refractivity contribution in [2.75, 3.05) is 39.1 Å². The molecule has 0 saturated heterocycles. The van der Waals surface area contributed by atoms with Crippen LogP contribution in [-0.2, 0) is 0 Å². The molecule has 0 amide bonds. The molecule has 5 nitrogen and oxygen atoms in total. The van der Waals surface area contributed by atoms with E-state index in [1.807, 2.05) is 86.9 Å². The summed E-state index contributed by atoms with van der Waals surface area (Å²) in [7, 11) is 4.07. The first-order valence-electron chi connectivity index (χ1n) is 11.0. The van der Waals surface area contributed by atoms with Gasteiger partial charge in [0.05, 0.1) is 5.39 Å². The van der Waals surface area contributed by atoms with Crippen molar-refractivity contribution < 1.29 is 9.15 Å². The molecule has 2 aromatic heterocycles. The lowest BCUT2D eigenvalue weighted by molar-refractivity contribution is 0.261. The summed E-state index contributed by atoms with van der Waals surface area (Å²) in [6.45, 7) is 6.86. The second-order valence-electron chi connectivity index (χ2n) is 8.29. The van der Waals surface area contributed by atoms with Gasteiger partial charge in [0.25, 0.3) is 0 Å². The van der Waals surface area contributed by atoms with Gasteiger partial charge in [0.15, 0.2) is 0 Å². The number of ether oxygens (including phenoxy) is 1. The first kappa shape index (κ1) is 23.4. The number of fused-ring (bicyclic) bond motifs is 1. The maximum Gasteiger partial charge on any atom is 0.228 e. The molecule has 4 aromatic rings. The molecule has 0 bridgehead atoms. The number of nitrogens with zero attached hydrogens (tertiary/aromatic N) is 2. The molecule has 0 saturated carbocycles. The largest absolute Gasteiger partial charge is 0.492 e. The minimum Gasteiger partial charge on any atom is -0.492 e. The van der Waals surface area contributed by atoms with Crippen molar-refractivity contribution in [3.8, 4) is 17.1 Å². The highest BCUT2D eigenvalue weighted by Gasteiger charge is 2.11. The average molecular weight is 432 g/mol. The Bertz CT molecular complexity index is 1030. The number of pyridine rings is 1. The van der Waals surface area contributed by atoms with E-state index < -0.39 is 0 Å². The van der Waals surface area contributed by atoms with E-state index in [4.69, 9.17) is 9.15 Å². The highest BCUT2D eigenvalue weighted by molar-refractivity contribution is 5.91. The zero-order valence-electron chi connectivity index (χ0n) is 19.4. The lowest BCUT2D eigenvalue weighted by Crippen LogP contribution is -2.19. The first-order valence-corrected chi connectivity index (χ1v) is 11.0. The Morgan fingerprint density at radius 1 is 0.969 bits per heavy atom. The van der Waals surface area contributed by atoms with Crippen LogP contribution >= 0.6 is 0 Å².